The van der Waals surface area contributed by atoms with E-state index in [1.165, 1.54) is 0 Å². The summed E-state index contributed by atoms with van der Waals surface area (Å²) in [7, 11) is 0. The van der Waals surface area contributed by atoms with E-state index in [0.29, 0.717) is 5.02 Å². The van der Waals surface area contributed by atoms with Crippen molar-refractivity contribution in [1.29, 1.82) is 0 Å². The predicted octanol–water partition coefficient (Wildman–Crippen LogP) is 3.26. The van der Waals surface area contributed by atoms with Crippen LogP contribution in [0.2, 0.25) is 5.02 Å². The molecule has 0 spiro atoms. The average molecular weight is 310 g/mol. The van der Waals surface area contributed by atoms with Crippen LogP contribution < -0.4 is 5.32 Å². The Morgan fingerprint density at radius 3 is 2.52 bits per heavy atom. The Morgan fingerprint density at radius 2 is 2.05 bits per heavy atom. The molecule has 1 aliphatic carbocycles. The van der Waals surface area contributed by atoms with Crippen LogP contribution in [0.25, 0.3) is 0 Å². The third kappa shape index (κ3) is 3.05. The van der Waals surface area contributed by atoms with Crippen molar-refractivity contribution >= 4 is 23.5 Å². The molecule has 114 valence electrons. The number of carbonyl (C=O) groups excluding carboxylic acids is 1. The van der Waals surface area contributed by atoms with Gasteiger partial charge in [0.15, 0.2) is 0 Å². The minimum Gasteiger partial charge on any atom is -0.481 e. The van der Waals surface area contributed by atoms with Gasteiger partial charge in [-0.15, -0.1) is 0 Å². The van der Waals surface area contributed by atoms with Crippen LogP contribution in [0, 0.1) is 17.3 Å². The molecular formula is C16H20ClNO3. The van der Waals surface area contributed by atoms with Gasteiger partial charge in [0.1, 0.15) is 0 Å². The van der Waals surface area contributed by atoms with Crippen LogP contribution in [0.3, 0.4) is 0 Å². The van der Waals surface area contributed by atoms with Crippen molar-refractivity contribution in [2.75, 3.05) is 0 Å². The zero-order valence-corrected chi connectivity index (χ0v) is 13.1. The van der Waals surface area contributed by atoms with E-state index in [4.69, 9.17) is 16.7 Å². The van der Waals surface area contributed by atoms with Crippen LogP contribution in [0.5, 0.6) is 0 Å². The first-order valence-corrected chi connectivity index (χ1v) is 7.45. The van der Waals surface area contributed by atoms with Gasteiger partial charge in [-0.3, -0.25) is 9.59 Å². The molecule has 1 aromatic carbocycles. The van der Waals surface area contributed by atoms with Crippen molar-refractivity contribution in [2.45, 2.75) is 33.2 Å². The highest BCUT2D eigenvalue weighted by atomic mass is 35.5. The molecule has 0 radical (unpaired) electrons. The quantitative estimate of drug-likeness (QED) is 0.877. The summed E-state index contributed by atoms with van der Waals surface area (Å²) in [5.74, 6) is -2.17. The first-order valence-electron chi connectivity index (χ1n) is 7.07. The highest BCUT2D eigenvalue weighted by Crippen LogP contribution is 2.58. The Balaban J connectivity index is 2.10. The molecule has 0 bridgehead atoms. The molecule has 4 nitrogen and oxygen atoms in total. The molecule has 2 N–H and O–H groups in total. The summed E-state index contributed by atoms with van der Waals surface area (Å²) in [5, 5.41) is 12.7. The molecule has 1 fully saturated rings. The Labute approximate surface area is 129 Å². The van der Waals surface area contributed by atoms with E-state index >= 15 is 0 Å². The summed E-state index contributed by atoms with van der Waals surface area (Å²) in [6.45, 7) is 5.60. The number of amides is 1. The van der Waals surface area contributed by atoms with E-state index in [2.05, 4.69) is 5.32 Å². The molecule has 5 heteroatoms. The van der Waals surface area contributed by atoms with Gasteiger partial charge in [-0.05, 0) is 29.5 Å². The molecule has 1 aliphatic rings. The lowest BCUT2D eigenvalue weighted by Gasteiger charge is -2.18. The van der Waals surface area contributed by atoms with Crippen LogP contribution in [-0.2, 0) is 9.59 Å². The molecule has 0 aliphatic heterocycles. The maximum atomic E-state index is 12.4. The second-order valence-electron chi connectivity index (χ2n) is 6.14. The number of nitrogens with one attached hydrogen (secondary N) is 1. The van der Waals surface area contributed by atoms with Crippen molar-refractivity contribution < 1.29 is 14.7 Å². The molecule has 2 rings (SSSR count). The maximum absolute atomic E-state index is 12.4. The Hall–Kier alpha value is -1.55. The first kappa shape index (κ1) is 15.8. The largest absolute Gasteiger partial charge is 0.481 e. The van der Waals surface area contributed by atoms with Crippen molar-refractivity contribution in [2.24, 2.45) is 17.3 Å². The van der Waals surface area contributed by atoms with E-state index < -0.39 is 23.2 Å². The summed E-state index contributed by atoms with van der Waals surface area (Å²) in [6.07, 6.45) is 0.719. The van der Waals surface area contributed by atoms with E-state index in [1.54, 1.807) is 6.07 Å². The molecule has 1 aromatic rings. The molecule has 1 saturated carbocycles. The van der Waals surface area contributed by atoms with Gasteiger partial charge in [0.25, 0.3) is 0 Å². The van der Waals surface area contributed by atoms with Crippen LogP contribution in [0.4, 0.5) is 0 Å². The standard InChI is InChI=1S/C16H20ClNO3/c1-4-11(9-6-5-7-10(17)8-9)18-14(19)12-13(15(20)21)16(12,2)3/h5-8,11-13H,4H2,1-3H3,(H,18,19)(H,20,21). The molecule has 0 aromatic heterocycles. The maximum Gasteiger partial charge on any atom is 0.307 e. The van der Waals surface area contributed by atoms with E-state index in [-0.39, 0.29) is 11.9 Å². The topological polar surface area (TPSA) is 66.4 Å². The summed E-state index contributed by atoms with van der Waals surface area (Å²) < 4.78 is 0. The molecular weight excluding hydrogens is 290 g/mol. The monoisotopic (exact) mass is 309 g/mol. The minimum absolute atomic E-state index is 0.151. The number of rotatable bonds is 5. The van der Waals surface area contributed by atoms with Gasteiger partial charge in [0.2, 0.25) is 5.91 Å². The number of hydrogen-bond acceptors (Lipinski definition) is 2. The van der Waals surface area contributed by atoms with Gasteiger partial charge in [0, 0.05) is 5.02 Å². The van der Waals surface area contributed by atoms with E-state index in [0.717, 1.165) is 12.0 Å². The smallest absolute Gasteiger partial charge is 0.307 e. The predicted molar refractivity (Wildman–Crippen MR) is 81.0 cm³/mol. The third-order valence-corrected chi connectivity index (χ3v) is 4.59. The lowest BCUT2D eigenvalue weighted by Crippen LogP contribution is -2.31. The fourth-order valence-corrected chi connectivity index (χ4v) is 3.19. The zero-order valence-electron chi connectivity index (χ0n) is 12.4. The Bertz CT molecular complexity index is 570. The van der Waals surface area contributed by atoms with Gasteiger partial charge in [-0.1, -0.05) is 44.5 Å². The summed E-state index contributed by atoms with van der Waals surface area (Å²) in [5.41, 5.74) is 0.450. The number of halogens is 1. The number of aliphatic carboxylic acids is 1. The van der Waals surface area contributed by atoms with Gasteiger partial charge in [0.05, 0.1) is 17.9 Å². The van der Waals surface area contributed by atoms with Crippen LogP contribution in [0.1, 0.15) is 38.8 Å². The summed E-state index contributed by atoms with van der Waals surface area (Å²) in [6, 6.07) is 7.20. The van der Waals surface area contributed by atoms with Gasteiger partial charge >= 0.3 is 5.97 Å². The fraction of sp³-hybridized carbons (Fsp3) is 0.500. The summed E-state index contributed by atoms with van der Waals surface area (Å²) in [4.78, 5) is 23.5. The number of carboxylic acid groups (broad SMARTS) is 1. The number of carboxylic acids is 1. The van der Waals surface area contributed by atoms with Crippen LogP contribution >= 0.6 is 11.6 Å². The molecule has 21 heavy (non-hydrogen) atoms. The SMILES string of the molecule is CCC(NC(=O)C1C(C(=O)O)C1(C)C)c1cccc(Cl)c1. The van der Waals surface area contributed by atoms with Crippen LogP contribution in [0.15, 0.2) is 24.3 Å². The zero-order chi connectivity index (χ0) is 15.8. The van der Waals surface area contributed by atoms with Gasteiger partial charge < -0.3 is 10.4 Å². The highest BCUT2D eigenvalue weighted by molar-refractivity contribution is 6.30. The van der Waals surface area contributed by atoms with Crippen molar-refractivity contribution in [3.63, 3.8) is 0 Å². The molecule has 0 heterocycles. The fourth-order valence-electron chi connectivity index (χ4n) is 2.99. The van der Waals surface area contributed by atoms with E-state index in [1.807, 2.05) is 39.0 Å². The first-order chi connectivity index (χ1) is 9.78. The average Bonchev–Trinajstić information content (AvgIpc) is 2.99. The second kappa shape index (κ2) is 5.68. The van der Waals surface area contributed by atoms with Gasteiger partial charge in [-0.25, -0.2) is 0 Å². The number of hydrogen-bond donors (Lipinski definition) is 2. The van der Waals surface area contributed by atoms with Crippen LogP contribution in [-0.4, -0.2) is 17.0 Å². The second-order valence-corrected chi connectivity index (χ2v) is 6.58. The molecule has 3 atom stereocenters. The van der Waals surface area contributed by atoms with Crippen molar-refractivity contribution in [3.05, 3.63) is 34.9 Å². The lowest BCUT2D eigenvalue weighted by atomic mass is 10.0. The minimum atomic E-state index is -0.907. The normalized spacial score (nSPS) is 24.2. The van der Waals surface area contributed by atoms with E-state index in [9.17, 15) is 9.59 Å². The molecule has 3 unspecified atom stereocenters. The lowest BCUT2D eigenvalue weighted by molar-refractivity contribution is -0.140. The number of carbonyl (C=O) groups is 2. The Kier molecular flexibility index (Phi) is 4.28. The highest BCUT2D eigenvalue weighted by Gasteiger charge is 2.65. The molecule has 1 amide bonds. The number of benzene rings is 1. The Morgan fingerprint density at radius 1 is 1.38 bits per heavy atom. The van der Waals surface area contributed by atoms with Gasteiger partial charge in [-0.2, -0.15) is 0 Å². The summed E-state index contributed by atoms with van der Waals surface area (Å²) >= 11 is 5.98. The third-order valence-electron chi connectivity index (χ3n) is 4.35. The van der Waals surface area contributed by atoms with Crippen molar-refractivity contribution in [3.8, 4) is 0 Å². The van der Waals surface area contributed by atoms with Crippen molar-refractivity contribution in [1.82, 2.24) is 5.32 Å². The molecule has 0 saturated heterocycles.